The second-order valence-electron chi connectivity index (χ2n) is 8.50. The van der Waals surface area contributed by atoms with Crippen molar-refractivity contribution in [3.8, 4) is 0 Å². The molecule has 0 aliphatic carbocycles. The first-order valence-corrected chi connectivity index (χ1v) is 13.5. The molecule has 1 heterocycles. The molecule has 0 saturated carbocycles. The largest absolute Gasteiger partial charge is 0.328 e. The lowest BCUT2D eigenvalue weighted by Crippen LogP contribution is -2.30. The number of nitrogens with zero attached hydrogens (tertiary/aromatic N) is 4. The number of carbonyl (C=O) groups is 1. The summed E-state index contributed by atoms with van der Waals surface area (Å²) in [6.45, 7) is 7.19. The first kappa shape index (κ1) is 24.9. The number of aromatic nitrogens is 2. The van der Waals surface area contributed by atoms with Gasteiger partial charge in [0.2, 0.25) is 15.9 Å². The van der Waals surface area contributed by atoms with Gasteiger partial charge in [-0.25, -0.2) is 13.4 Å². The quantitative estimate of drug-likeness (QED) is 0.335. The average molecular weight is 493 g/mol. The summed E-state index contributed by atoms with van der Waals surface area (Å²) >= 11 is 0. The minimum absolute atomic E-state index is 0.000194. The highest BCUT2D eigenvalue weighted by atomic mass is 32.2. The van der Waals surface area contributed by atoms with E-state index >= 15 is 0 Å². The molecule has 0 aliphatic rings. The van der Waals surface area contributed by atoms with Crippen LogP contribution in [0.15, 0.2) is 65.6 Å². The van der Waals surface area contributed by atoms with Crippen LogP contribution in [-0.4, -0.2) is 48.3 Å². The predicted octanol–water partition coefficient (Wildman–Crippen LogP) is 4.84. The van der Waals surface area contributed by atoms with E-state index in [0.717, 1.165) is 27.8 Å². The molecule has 0 radical (unpaired) electrons. The van der Waals surface area contributed by atoms with Crippen LogP contribution in [-0.2, 0) is 27.8 Å². The van der Waals surface area contributed by atoms with E-state index in [1.165, 1.54) is 4.31 Å². The van der Waals surface area contributed by atoms with Gasteiger partial charge in [-0.15, -0.1) is 0 Å². The Bertz CT molecular complexity index is 1470. The van der Waals surface area contributed by atoms with E-state index in [4.69, 9.17) is 4.98 Å². The van der Waals surface area contributed by atoms with Gasteiger partial charge in [0.05, 0.1) is 15.9 Å². The third-order valence-electron chi connectivity index (χ3n) is 6.52. The van der Waals surface area contributed by atoms with Crippen molar-refractivity contribution in [2.24, 2.45) is 0 Å². The summed E-state index contributed by atoms with van der Waals surface area (Å²) in [5.41, 5.74) is 2.35. The molecule has 0 aliphatic heterocycles. The fourth-order valence-corrected chi connectivity index (χ4v) is 5.97. The highest BCUT2D eigenvalue weighted by molar-refractivity contribution is 7.89. The Morgan fingerprint density at radius 3 is 2.34 bits per heavy atom. The molecule has 0 N–H and O–H groups in total. The molecule has 0 atom stereocenters. The van der Waals surface area contributed by atoms with E-state index in [1.54, 1.807) is 24.1 Å². The molecule has 184 valence electrons. The summed E-state index contributed by atoms with van der Waals surface area (Å²) in [6.07, 6.45) is 0.772. The zero-order valence-corrected chi connectivity index (χ0v) is 21.5. The Hall–Kier alpha value is -3.23. The zero-order chi connectivity index (χ0) is 25.2. The van der Waals surface area contributed by atoms with E-state index in [1.807, 2.05) is 67.8 Å². The van der Waals surface area contributed by atoms with Crippen LogP contribution in [0.4, 0.5) is 5.69 Å². The molecule has 0 unspecified atom stereocenters. The smallest absolute Gasteiger partial charge is 0.243 e. The van der Waals surface area contributed by atoms with Crippen molar-refractivity contribution in [1.29, 1.82) is 0 Å². The Morgan fingerprint density at radius 1 is 0.943 bits per heavy atom. The molecule has 0 fully saturated rings. The van der Waals surface area contributed by atoms with E-state index in [0.29, 0.717) is 38.0 Å². The van der Waals surface area contributed by atoms with Crippen molar-refractivity contribution in [2.75, 3.05) is 25.0 Å². The van der Waals surface area contributed by atoms with Crippen LogP contribution >= 0.6 is 0 Å². The fourth-order valence-electron chi connectivity index (χ4n) is 4.49. The summed E-state index contributed by atoms with van der Waals surface area (Å²) in [6, 6.07) is 19.2. The van der Waals surface area contributed by atoms with E-state index in [9.17, 15) is 13.2 Å². The van der Waals surface area contributed by atoms with Crippen molar-refractivity contribution in [3.05, 3.63) is 66.5 Å². The van der Waals surface area contributed by atoms with E-state index in [2.05, 4.69) is 6.07 Å². The number of carbonyl (C=O) groups excluding carboxylic acids is 1. The average Bonchev–Trinajstić information content (AvgIpc) is 3.23. The van der Waals surface area contributed by atoms with Gasteiger partial charge >= 0.3 is 0 Å². The van der Waals surface area contributed by atoms with Crippen LogP contribution in [0.2, 0.25) is 0 Å². The summed E-state index contributed by atoms with van der Waals surface area (Å²) in [5.74, 6) is 0.778. The molecule has 0 spiro atoms. The molecule has 3 aromatic carbocycles. The van der Waals surface area contributed by atoms with Gasteiger partial charge in [0, 0.05) is 45.2 Å². The van der Waals surface area contributed by atoms with Gasteiger partial charge < -0.3 is 9.47 Å². The summed E-state index contributed by atoms with van der Waals surface area (Å²) in [4.78, 5) is 19.6. The number of benzene rings is 3. The maximum absolute atomic E-state index is 13.0. The van der Waals surface area contributed by atoms with Crippen molar-refractivity contribution in [3.63, 3.8) is 0 Å². The second kappa shape index (κ2) is 10.2. The van der Waals surface area contributed by atoms with Gasteiger partial charge in [0.15, 0.2) is 0 Å². The lowest BCUT2D eigenvalue weighted by molar-refractivity contribution is -0.118. The minimum Gasteiger partial charge on any atom is -0.328 e. The molecular formula is C27H32N4O3S. The number of anilines is 1. The predicted molar refractivity (Wildman–Crippen MR) is 141 cm³/mol. The Balaban J connectivity index is 1.55. The van der Waals surface area contributed by atoms with Gasteiger partial charge in [-0.05, 0) is 48.0 Å². The molecule has 7 nitrogen and oxygen atoms in total. The van der Waals surface area contributed by atoms with Crippen LogP contribution < -0.4 is 4.90 Å². The van der Waals surface area contributed by atoms with Gasteiger partial charge in [-0.1, -0.05) is 44.2 Å². The van der Waals surface area contributed by atoms with Gasteiger partial charge in [-0.3, -0.25) is 4.79 Å². The number of sulfonamides is 1. The second-order valence-corrected chi connectivity index (χ2v) is 10.4. The summed E-state index contributed by atoms with van der Waals surface area (Å²) in [7, 11) is -1.77. The Morgan fingerprint density at radius 2 is 1.66 bits per heavy atom. The number of hydrogen-bond acceptors (Lipinski definition) is 4. The maximum Gasteiger partial charge on any atom is 0.243 e. The minimum atomic E-state index is -3.56. The molecule has 4 aromatic rings. The topological polar surface area (TPSA) is 75.5 Å². The molecule has 0 saturated heterocycles. The van der Waals surface area contributed by atoms with Crippen molar-refractivity contribution >= 4 is 43.4 Å². The van der Waals surface area contributed by atoms with Crippen molar-refractivity contribution in [1.82, 2.24) is 13.9 Å². The number of rotatable bonds is 9. The lowest BCUT2D eigenvalue weighted by atomic mass is 10.1. The van der Waals surface area contributed by atoms with E-state index < -0.39 is 10.0 Å². The third-order valence-corrected chi connectivity index (χ3v) is 8.56. The number of hydrogen-bond donors (Lipinski definition) is 0. The van der Waals surface area contributed by atoms with Crippen LogP contribution in [0.1, 0.15) is 33.0 Å². The zero-order valence-electron chi connectivity index (χ0n) is 20.7. The van der Waals surface area contributed by atoms with E-state index in [-0.39, 0.29) is 10.8 Å². The van der Waals surface area contributed by atoms with Gasteiger partial charge in [-0.2, -0.15) is 4.31 Å². The maximum atomic E-state index is 13.0. The monoisotopic (exact) mass is 492 g/mol. The summed E-state index contributed by atoms with van der Waals surface area (Å²) in [5, 5.41) is 2.23. The molecule has 4 rings (SSSR count). The SMILES string of the molecule is CCN(CC)S(=O)(=O)c1ccc2c(c1)nc(CCC(=O)N(C)c1ccc3ccccc3c1)n2CC. The van der Waals surface area contributed by atoms with Crippen molar-refractivity contribution in [2.45, 2.75) is 45.1 Å². The van der Waals surface area contributed by atoms with Crippen LogP contribution in [0.25, 0.3) is 21.8 Å². The standard InChI is InChI=1S/C27H32N4O3S/c1-5-30(6-2)35(33,34)23-14-15-25-24(19-23)28-26(31(25)7-3)16-17-27(32)29(4)22-13-12-20-10-8-9-11-21(20)18-22/h8-15,18-19H,5-7,16-17H2,1-4H3. The highest BCUT2D eigenvalue weighted by Crippen LogP contribution is 2.25. The van der Waals surface area contributed by atoms with Crippen molar-refractivity contribution < 1.29 is 13.2 Å². The van der Waals surface area contributed by atoms with Gasteiger partial charge in [0.1, 0.15) is 5.82 Å². The number of fused-ring (bicyclic) bond motifs is 2. The fraction of sp³-hybridized carbons (Fsp3) is 0.333. The molecule has 1 aromatic heterocycles. The molecule has 1 amide bonds. The Labute approximate surface area is 207 Å². The first-order chi connectivity index (χ1) is 16.8. The van der Waals surface area contributed by atoms with Crippen LogP contribution in [0.3, 0.4) is 0 Å². The molecular weight excluding hydrogens is 460 g/mol. The van der Waals surface area contributed by atoms with Crippen LogP contribution in [0.5, 0.6) is 0 Å². The lowest BCUT2D eigenvalue weighted by Gasteiger charge is -2.18. The number of amides is 1. The molecule has 8 heteroatoms. The summed E-state index contributed by atoms with van der Waals surface area (Å²) < 4.78 is 29.4. The van der Waals surface area contributed by atoms with Crippen LogP contribution in [0, 0.1) is 0 Å². The first-order valence-electron chi connectivity index (χ1n) is 12.0. The Kier molecular flexibility index (Phi) is 7.23. The third kappa shape index (κ3) is 4.81. The number of aryl methyl sites for hydroxylation is 2. The molecule has 0 bridgehead atoms. The molecule has 35 heavy (non-hydrogen) atoms. The highest BCUT2D eigenvalue weighted by Gasteiger charge is 2.23. The van der Waals surface area contributed by atoms with Gasteiger partial charge in [0.25, 0.3) is 0 Å². The number of imidazole rings is 1. The normalized spacial score (nSPS) is 12.0.